The number of benzene rings is 1. The average molecular weight is 447 g/mol. The standard InChI is InChI=1S/C21H20Cl2N4OS/c1-25-7-9-26(10-8-25)21(28)19-15-3-5-18-14(6-11-29-18)20(15)27(24-19)17-4-2-13(22)12-16(17)23/h2,4,6,11-12H,3,5,7-10H2,1H3. The van der Waals surface area contributed by atoms with E-state index in [1.165, 1.54) is 4.88 Å². The quantitative estimate of drug-likeness (QED) is 0.585. The molecular weight excluding hydrogens is 427 g/mol. The third kappa shape index (κ3) is 3.28. The SMILES string of the molecule is CN1CCN(C(=O)c2nn(-c3ccc(Cl)cc3Cl)c3c2CCc2sccc2-3)CC1. The highest BCUT2D eigenvalue weighted by molar-refractivity contribution is 7.10. The molecule has 1 fully saturated rings. The fourth-order valence-corrected chi connectivity index (χ4v) is 5.47. The lowest BCUT2D eigenvalue weighted by atomic mass is 9.94. The van der Waals surface area contributed by atoms with Crippen LogP contribution < -0.4 is 0 Å². The number of thiophene rings is 1. The van der Waals surface area contributed by atoms with Gasteiger partial charge in [-0.25, -0.2) is 4.68 Å². The molecule has 2 aliphatic rings. The number of likely N-dealkylation sites (N-methyl/N-ethyl adjacent to an activating group) is 1. The van der Waals surface area contributed by atoms with Crippen molar-refractivity contribution >= 4 is 40.4 Å². The van der Waals surface area contributed by atoms with E-state index in [9.17, 15) is 4.79 Å². The monoisotopic (exact) mass is 446 g/mol. The van der Waals surface area contributed by atoms with Crippen molar-refractivity contribution in [1.82, 2.24) is 19.6 Å². The number of aryl methyl sites for hydroxylation is 1. The summed E-state index contributed by atoms with van der Waals surface area (Å²) >= 11 is 14.4. The van der Waals surface area contributed by atoms with Crippen molar-refractivity contribution in [2.45, 2.75) is 12.8 Å². The van der Waals surface area contributed by atoms with Gasteiger partial charge in [-0.1, -0.05) is 23.2 Å². The zero-order chi connectivity index (χ0) is 20.1. The fourth-order valence-electron chi connectivity index (χ4n) is 4.11. The molecule has 1 aliphatic heterocycles. The maximum Gasteiger partial charge on any atom is 0.274 e. The second-order valence-corrected chi connectivity index (χ2v) is 9.38. The van der Waals surface area contributed by atoms with Gasteiger partial charge in [0.05, 0.1) is 16.4 Å². The third-order valence-corrected chi connectivity index (χ3v) is 7.24. The van der Waals surface area contributed by atoms with E-state index in [4.69, 9.17) is 28.3 Å². The Morgan fingerprint density at radius 2 is 1.90 bits per heavy atom. The first-order valence-electron chi connectivity index (χ1n) is 9.65. The van der Waals surface area contributed by atoms with Gasteiger partial charge in [-0.2, -0.15) is 5.10 Å². The molecule has 1 aromatic carbocycles. The van der Waals surface area contributed by atoms with Crippen LogP contribution in [0.1, 0.15) is 20.9 Å². The van der Waals surface area contributed by atoms with Crippen LogP contribution in [-0.2, 0) is 12.8 Å². The Bertz CT molecular complexity index is 1100. The molecule has 150 valence electrons. The van der Waals surface area contributed by atoms with Crippen LogP contribution in [0.4, 0.5) is 0 Å². The Kier molecular flexibility index (Phi) is 4.90. The number of piperazine rings is 1. The lowest BCUT2D eigenvalue weighted by molar-refractivity contribution is 0.0656. The van der Waals surface area contributed by atoms with Gasteiger partial charge in [-0.3, -0.25) is 4.79 Å². The van der Waals surface area contributed by atoms with Crippen LogP contribution in [0.2, 0.25) is 10.0 Å². The van der Waals surface area contributed by atoms with Crippen LogP contribution >= 0.6 is 34.5 Å². The summed E-state index contributed by atoms with van der Waals surface area (Å²) < 4.78 is 1.84. The van der Waals surface area contributed by atoms with E-state index in [0.717, 1.165) is 61.5 Å². The number of hydrogen-bond acceptors (Lipinski definition) is 4. The third-order valence-electron chi connectivity index (χ3n) is 5.72. The number of amides is 1. The molecule has 0 bridgehead atoms. The summed E-state index contributed by atoms with van der Waals surface area (Å²) in [5.74, 6) is 0.0110. The van der Waals surface area contributed by atoms with Crippen LogP contribution in [-0.4, -0.2) is 58.7 Å². The van der Waals surface area contributed by atoms with Gasteiger partial charge in [0.1, 0.15) is 0 Å². The normalized spacial score (nSPS) is 16.6. The first kappa shape index (κ1) is 19.1. The zero-order valence-corrected chi connectivity index (χ0v) is 18.3. The molecule has 3 aromatic rings. The molecule has 1 amide bonds. The van der Waals surface area contributed by atoms with Gasteiger partial charge >= 0.3 is 0 Å². The predicted molar refractivity (Wildman–Crippen MR) is 118 cm³/mol. The Morgan fingerprint density at radius 1 is 1.10 bits per heavy atom. The van der Waals surface area contributed by atoms with Crippen molar-refractivity contribution in [3.05, 3.63) is 55.8 Å². The molecule has 8 heteroatoms. The number of aromatic nitrogens is 2. The molecular formula is C21H20Cl2N4OS. The Hall–Kier alpha value is -1.86. The van der Waals surface area contributed by atoms with E-state index in [1.807, 2.05) is 15.6 Å². The summed E-state index contributed by atoms with van der Waals surface area (Å²) in [6.07, 6.45) is 1.74. The maximum atomic E-state index is 13.4. The second kappa shape index (κ2) is 7.43. The number of nitrogens with zero attached hydrogens (tertiary/aromatic N) is 4. The summed E-state index contributed by atoms with van der Waals surface area (Å²) in [4.78, 5) is 18.9. The zero-order valence-electron chi connectivity index (χ0n) is 16.0. The van der Waals surface area contributed by atoms with Crippen molar-refractivity contribution in [2.75, 3.05) is 33.2 Å². The number of fused-ring (bicyclic) bond motifs is 3. The summed E-state index contributed by atoms with van der Waals surface area (Å²) in [7, 11) is 2.08. The van der Waals surface area contributed by atoms with Crippen LogP contribution in [0, 0.1) is 0 Å². The first-order chi connectivity index (χ1) is 14.0. The maximum absolute atomic E-state index is 13.4. The molecule has 0 radical (unpaired) electrons. The summed E-state index contributed by atoms with van der Waals surface area (Å²) in [6, 6.07) is 7.49. The van der Waals surface area contributed by atoms with Gasteiger partial charge in [-0.05, 0) is 49.5 Å². The van der Waals surface area contributed by atoms with E-state index in [0.29, 0.717) is 15.7 Å². The van der Waals surface area contributed by atoms with Crippen LogP contribution in [0.5, 0.6) is 0 Å². The number of rotatable bonds is 2. The van der Waals surface area contributed by atoms with E-state index in [-0.39, 0.29) is 5.91 Å². The van der Waals surface area contributed by atoms with E-state index < -0.39 is 0 Å². The van der Waals surface area contributed by atoms with E-state index in [2.05, 4.69) is 23.4 Å². The number of carbonyl (C=O) groups is 1. The predicted octanol–water partition coefficient (Wildman–Crippen LogP) is 4.39. The van der Waals surface area contributed by atoms with Crippen LogP contribution in [0.25, 0.3) is 16.9 Å². The molecule has 0 unspecified atom stereocenters. The van der Waals surface area contributed by atoms with Gasteiger partial charge in [0.25, 0.3) is 5.91 Å². The smallest absolute Gasteiger partial charge is 0.274 e. The summed E-state index contributed by atoms with van der Waals surface area (Å²) in [6.45, 7) is 3.21. The first-order valence-corrected chi connectivity index (χ1v) is 11.3. The molecule has 2 aromatic heterocycles. The fraction of sp³-hybridized carbons (Fsp3) is 0.333. The van der Waals surface area contributed by atoms with Crippen molar-refractivity contribution < 1.29 is 4.79 Å². The van der Waals surface area contributed by atoms with Gasteiger partial charge in [0.15, 0.2) is 5.69 Å². The number of halogens is 2. The highest BCUT2D eigenvalue weighted by Gasteiger charge is 2.32. The molecule has 5 nitrogen and oxygen atoms in total. The summed E-state index contributed by atoms with van der Waals surface area (Å²) in [5.41, 5.74) is 4.43. The van der Waals surface area contributed by atoms with Gasteiger partial charge in [0, 0.05) is 47.2 Å². The lowest BCUT2D eigenvalue weighted by Crippen LogP contribution is -2.47. The van der Waals surface area contributed by atoms with Crippen molar-refractivity contribution in [3.63, 3.8) is 0 Å². The van der Waals surface area contributed by atoms with E-state index in [1.54, 1.807) is 23.5 Å². The highest BCUT2D eigenvalue weighted by atomic mass is 35.5. The summed E-state index contributed by atoms with van der Waals surface area (Å²) in [5, 5.41) is 8.01. The van der Waals surface area contributed by atoms with Crippen molar-refractivity contribution in [3.8, 4) is 16.9 Å². The minimum absolute atomic E-state index is 0.0110. The van der Waals surface area contributed by atoms with Crippen LogP contribution in [0.3, 0.4) is 0 Å². The van der Waals surface area contributed by atoms with Gasteiger partial charge < -0.3 is 9.80 Å². The van der Waals surface area contributed by atoms with Gasteiger partial charge in [0.2, 0.25) is 0 Å². The minimum atomic E-state index is 0.0110. The van der Waals surface area contributed by atoms with Crippen LogP contribution in [0.15, 0.2) is 29.6 Å². The number of carbonyl (C=O) groups excluding carboxylic acids is 1. The van der Waals surface area contributed by atoms with E-state index >= 15 is 0 Å². The Morgan fingerprint density at radius 3 is 2.66 bits per heavy atom. The number of hydrogen-bond donors (Lipinski definition) is 0. The topological polar surface area (TPSA) is 41.4 Å². The highest BCUT2D eigenvalue weighted by Crippen LogP contribution is 2.41. The molecule has 0 spiro atoms. The molecule has 0 saturated carbocycles. The van der Waals surface area contributed by atoms with Gasteiger partial charge in [-0.15, -0.1) is 11.3 Å². The Balaban J connectivity index is 1.65. The molecule has 1 saturated heterocycles. The van der Waals surface area contributed by atoms with Crippen molar-refractivity contribution in [1.29, 1.82) is 0 Å². The minimum Gasteiger partial charge on any atom is -0.335 e. The molecule has 0 atom stereocenters. The second-order valence-electron chi connectivity index (χ2n) is 7.54. The largest absolute Gasteiger partial charge is 0.335 e. The average Bonchev–Trinajstić information content (AvgIpc) is 3.32. The van der Waals surface area contributed by atoms with Crippen molar-refractivity contribution in [2.24, 2.45) is 0 Å². The molecule has 1 aliphatic carbocycles. The molecule has 5 rings (SSSR count). The molecule has 0 N–H and O–H groups in total. The lowest BCUT2D eigenvalue weighted by Gasteiger charge is -2.32. The Labute approximate surface area is 183 Å². The molecule has 29 heavy (non-hydrogen) atoms. The molecule has 3 heterocycles.